The van der Waals surface area contributed by atoms with Crippen LogP contribution in [0.4, 0.5) is 11.4 Å². The molecule has 2 saturated carbocycles. The Morgan fingerprint density at radius 1 is 1.15 bits per heavy atom. The highest BCUT2D eigenvalue weighted by Crippen LogP contribution is 2.62. The maximum atomic E-state index is 12.9. The molecule has 0 radical (unpaired) electrons. The lowest BCUT2D eigenvalue weighted by Gasteiger charge is -2.51. The SMILES string of the molecule is C[C@]12CCC[C@]3(CO3)[C@H]1C[C@H]1[C@@H](C2)OC(=O)[C@@H]1CN1CCN(c2ccc([N+](=O)[O-])cc2)CC1. The molecule has 33 heavy (non-hydrogen) atoms. The lowest BCUT2D eigenvalue weighted by molar-refractivity contribution is -0.384. The number of fused-ring (bicyclic) bond motifs is 3. The van der Waals surface area contributed by atoms with Crippen molar-refractivity contribution >= 4 is 17.3 Å². The zero-order chi connectivity index (χ0) is 22.8. The molecule has 8 nitrogen and oxygen atoms in total. The van der Waals surface area contributed by atoms with E-state index in [1.807, 2.05) is 12.1 Å². The number of piperazine rings is 1. The molecule has 3 heterocycles. The summed E-state index contributed by atoms with van der Waals surface area (Å²) in [7, 11) is 0. The predicted octanol–water partition coefficient (Wildman–Crippen LogP) is 3.24. The standard InChI is InChI=1S/C25H33N3O5/c1-24-7-2-8-25(16-32-25)22(24)13-19-20(23(29)33-21(19)14-24)15-26-9-11-27(12-10-26)17-3-5-18(6-4-17)28(30)31/h3-6,19-22H,2,7-16H2,1H3/t19-,20-,21-,22+,24-,25+/m1/s1. The van der Waals surface area contributed by atoms with Crippen LogP contribution >= 0.6 is 0 Å². The number of rotatable bonds is 4. The fourth-order valence-electron chi connectivity index (χ4n) is 7.42. The van der Waals surface area contributed by atoms with Crippen molar-refractivity contribution in [3.05, 3.63) is 34.4 Å². The number of benzene rings is 1. The Morgan fingerprint density at radius 2 is 1.88 bits per heavy atom. The van der Waals surface area contributed by atoms with Crippen LogP contribution in [0.15, 0.2) is 24.3 Å². The molecule has 8 heteroatoms. The molecule has 6 rings (SSSR count). The van der Waals surface area contributed by atoms with Crippen LogP contribution in [-0.2, 0) is 14.3 Å². The van der Waals surface area contributed by atoms with Crippen LogP contribution < -0.4 is 4.90 Å². The third-order valence-electron chi connectivity index (χ3n) is 9.33. The number of ether oxygens (including phenoxy) is 2. The number of anilines is 1. The van der Waals surface area contributed by atoms with Crippen LogP contribution in [0, 0.1) is 33.3 Å². The van der Waals surface area contributed by atoms with E-state index in [1.165, 1.54) is 19.3 Å². The summed E-state index contributed by atoms with van der Waals surface area (Å²) in [4.78, 5) is 28.1. The number of esters is 1. The van der Waals surface area contributed by atoms with Crippen LogP contribution in [0.3, 0.4) is 0 Å². The molecular formula is C25H33N3O5. The normalized spacial score (nSPS) is 40.3. The molecule has 3 aliphatic heterocycles. The van der Waals surface area contributed by atoms with E-state index in [-0.39, 0.29) is 39.6 Å². The third kappa shape index (κ3) is 3.62. The fourth-order valence-corrected chi connectivity index (χ4v) is 7.42. The number of non-ortho nitro benzene ring substituents is 1. The molecule has 0 amide bonds. The number of hydrogen-bond acceptors (Lipinski definition) is 7. The molecule has 2 aliphatic carbocycles. The first kappa shape index (κ1) is 21.4. The van der Waals surface area contributed by atoms with E-state index < -0.39 is 0 Å². The van der Waals surface area contributed by atoms with Crippen LogP contribution in [0.25, 0.3) is 0 Å². The molecule has 0 unspecified atom stereocenters. The third-order valence-corrected chi connectivity index (χ3v) is 9.33. The quantitative estimate of drug-likeness (QED) is 0.298. The smallest absolute Gasteiger partial charge is 0.310 e. The summed E-state index contributed by atoms with van der Waals surface area (Å²) in [5, 5.41) is 10.9. The largest absolute Gasteiger partial charge is 0.462 e. The first-order chi connectivity index (χ1) is 15.9. The van der Waals surface area contributed by atoms with Crippen molar-refractivity contribution in [3.63, 3.8) is 0 Å². The van der Waals surface area contributed by atoms with Gasteiger partial charge in [0.1, 0.15) is 6.10 Å². The van der Waals surface area contributed by atoms with Crippen LogP contribution in [0.1, 0.15) is 39.0 Å². The fraction of sp³-hybridized carbons (Fsp3) is 0.720. The van der Waals surface area contributed by atoms with E-state index in [0.29, 0.717) is 11.8 Å². The number of nitro benzene ring substituents is 1. The second-order valence-electron chi connectivity index (χ2n) is 11.2. The minimum absolute atomic E-state index is 0.00388. The van der Waals surface area contributed by atoms with Gasteiger partial charge in [-0.15, -0.1) is 0 Å². The van der Waals surface area contributed by atoms with E-state index in [2.05, 4.69) is 16.7 Å². The maximum absolute atomic E-state index is 12.9. The van der Waals surface area contributed by atoms with Crippen molar-refractivity contribution < 1.29 is 19.2 Å². The van der Waals surface area contributed by atoms with Crippen molar-refractivity contribution in [1.82, 2.24) is 4.90 Å². The van der Waals surface area contributed by atoms with Gasteiger partial charge in [0.15, 0.2) is 0 Å². The molecule has 1 aromatic carbocycles. The van der Waals surface area contributed by atoms with Crippen molar-refractivity contribution in [1.29, 1.82) is 0 Å². The van der Waals surface area contributed by atoms with Gasteiger partial charge < -0.3 is 14.4 Å². The van der Waals surface area contributed by atoms with Crippen LogP contribution in [-0.4, -0.2) is 66.8 Å². The Hall–Kier alpha value is -2.19. The van der Waals surface area contributed by atoms with Gasteiger partial charge >= 0.3 is 5.97 Å². The molecule has 1 aromatic rings. The molecule has 5 fully saturated rings. The van der Waals surface area contributed by atoms with Gasteiger partial charge in [0.25, 0.3) is 5.69 Å². The molecule has 0 N–H and O–H groups in total. The summed E-state index contributed by atoms with van der Waals surface area (Å²) in [5.74, 6) is 0.817. The van der Waals surface area contributed by atoms with Gasteiger partial charge in [-0.25, -0.2) is 0 Å². The van der Waals surface area contributed by atoms with Crippen molar-refractivity contribution in [2.24, 2.45) is 23.2 Å². The van der Waals surface area contributed by atoms with Gasteiger partial charge in [-0.3, -0.25) is 19.8 Å². The summed E-state index contributed by atoms with van der Waals surface area (Å²) in [6, 6.07) is 6.78. The number of hydrogen-bond donors (Lipinski definition) is 0. The van der Waals surface area contributed by atoms with Crippen molar-refractivity contribution in [2.45, 2.75) is 50.7 Å². The average molecular weight is 456 g/mol. The van der Waals surface area contributed by atoms with Crippen LogP contribution in [0.2, 0.25) is 0 Å². The van der Waals surface area contributed by atoms with E-state index in [1.54, 1.807) is 12.1 Å². The average Bonchev–Trinajstić information content (AvgIpc) is 3.51. The zero-order valence-electron chi connectivity index (χ0n) is 19.3. The van der Waals surface area contributed by atoms with Gasteiger partial charge in [0.05, 0.1) is 23.0 Å². The number of carbonyl (C=O) groups excluding carboxylic acids is 1. The highest BCUT2D eigenvalue weighted by atomic mass is 16.6. The van der Waals surface area contributed by atoms with Gasteiger partial charge in [0.2, 0.25) is 0 Å². The Labute approximate surface area is 194 Å². The molecule has 0 aromatic heterocycles. The number of nitrogens with zero attached hydrogens (tertiary/aromatic N) is 3. The van der Waals surface area contributed by atoms with E-state index in [4.69, 9.17) is 9.47 Å². The van der Waals surface area contributed by atoms with Gasteiger partial charge in [0, 0.05) is 56.5 Å². The summed E-state index contributed by atoms with van der Waals surface area (Å²) in [6.45, 7) is 7.53. The summed E-state index contributed by atoms with van der Waals surface area (Å²) < 4.78 is 12.0. The molecule has 1 spiro atoms. The summed E-state index contributed by atoms with van der Waals surface area (Å²) in [6.07, 6.45) is 5.73. The number of epoxide rings is 1. The number of carbonyl (C=O) groups is 1. The Bertz CT molecular complexity index is 940. The number of nitro groups is 1. The maximum Gasteiger partial charge on any atom is 0.310 e. The van der Waals surface area contributed by atoms with Gasteiger partial charge in [-0.2, -0.15) is 0 Å². The molecular weight excluding hydrogens is 422 g/mol. The topological polar surface area (TPSA) is 88.5 Å². The van der Waals surface area contributed by atoms with Gasteiger partial charge in [-0.1, -0.05) is 6.92 Å². The second kappa shape index (κ2) is 7.67. The lowest BCUT2D eigenvalue weighted by Crippen LogP contribution is -2.52. The van der Waals surface area contributed by atoms with Crippen LogP contribution in [0.5, 0.6) is 0 Å². The highest BCUT2D eigenvalue weighted by molar-refractivity contribution is 5.75. The Kier molecular flexibility index (Phi) is 4.96. The monoisotopic (exact) mass is 455 g/mol. The van der Waals surface area contributed by atoms with E-state index in [9.17, 15) is 14.9 Å². The van der Waals surface area contributed by atoms with E-state index in [0.717, 1.165) is 57.9 Å². The van der Waals surface area contributed by atoms with Gasteiger partial charge in [-0.05, 0) is 55.6 Å². The first-order valence-corrected chi connectivity index (χ1v) is 12.4. The lowest BCUT2D eigenvalue weighted by atomic mass is 9.53. The Morgan fingerprint density at radius 3 is 2.55 bits per heavy atom. The van der Waals surface area contributed by atoms with Crippen molar-refractivity contribution in [2.75, 3.05) is 44.2 Å². The zero-order valence-corrected chi connectivity index (χ0v) is 19.3. The molecule has 6 atom stereocenters. The minimum Gasteiger partial charge on any atom is -0.462 e. The first-order valence-electron chi connectivity index (χ1n) is 12.4. The molecule has 5 aliphatic rings. The summed E-state index contributed by atoms with van der Waals surface area (Å²) in [5.41, 5.74) is 1.46. The minimum atomic E-state index is -0.367. The van der Waals surface area contributed by atoms with Crippen molar-refractivity contribution in [3.8, 4) is 0 Å². The Balaban J connectivity index is 1.09. The predicted molar refractivity (Wildman–Crippen MR) is 122 cm³/mol. The molecule has 0 bridgehead atoms. The molecule has 3 saturated heterocycles. The summed E-state index contributed by atoms with van der Waals surface area (Å²) >= 11 is 0. The molecule has 178 valence electrons. The van der Waals surface area contributed by atoms with E-state index >= 15 is 0 Å². The second-order valence-corrected chi connectivity index (χ2v) is 11.2. The highest BCUT2D eigenvalue weighted by Gasteiger charge is 2.65.